The molecule has 0 aromatic rings. The van der Waals surface area contributed by atoms with Crippen LogP contribution >= 0.6 is 11.6 Å². The summed E-state index contributed by atoms with van der Waals surface area (Å²) in [6.45, 7) is 5.39. The second kappa shape index (κ2) is 11.8. The first-order chi connectivity index (χ1) is 9.92. The van der Waals surface area contributed by atoms with Gasteiger partial charge < -0.3 is 27.5 Å². The van der Waals surface area contributed by atoms with Crippen molar-refractivity contribution in [3.63, 3.8) is 0 Å². The number of rotatable bonds is 13. The highest BCUT2D eigenvalue weighted by atomic mass is 35.5. The Bertz CT molecular complexity index is 228. The van der Waals surface area contributed by atoms with Gasteiger partial charge in [-0.2, -0.15) is 0 Å². The summed E-state index contributed by atoms with van der Waals surface area (Å²) < 4.78 is 33.4. The van der Waals surface area contributed by atoms with Crippen LogP contribution in [0.15, 0.2) is 0 Å². The Labute approximate surface area is 134 Å². The summed E-state index contributed by atoms with van der Waals surface area (Å²) in [5, 5.41) is 0. The van der Waals surface area contributed by atoms with Gasteiger partial charge in [0.1, 0.15) is 18.9 Å². The zero-order valence-corrected chi connectivity index (χ0v) is 15.6. The third-order valence-corrected chi connectivity index (χ3v) is 6.21. The van der Waals surface area contributed by atoms with Gasteiger partial charge in [-0.15, -0.1) is 11.6 Å². The van der Waals surface area contributed by atoms with E-state index in [0.717, 1.165) is 12.8 Å². The van der Waals surface area contributed by atoms with Gasteiger partial charge >= 0.3 is 8.80 Å². The summed E-state index contributed by atoms with van der Waals surface area (Å²) in [4.78, 5) is 0. The summed E-state index contributed by atoms with van der Waals surface area (Å²) >= 11 is 5.75. The Morgan fingerprint density at radius 2 is 1.14 bits per heavy atom. The molecule has 0 bridgehead atoms. The zero-order chi connectivity index (χ0) is 16.3. The summed E-state index contributed by atoms with van der Waals surface area (Å²) in [6.07, 6.45) is 0.359. The average molecular weight is 345 g/mol. The molecule has 3 atom stereocenters. The van der Waals surface area contributed by atoms with Crippen molar-refractivity contribution in [2.24, 2.45) is 0 Å². The van der Waals surface area contributed by atoms with Gasteiger partial charge in [0, 0.05) is 33.3 Å². The Morgan fingerprint density at radius 1 is 0.762 bits per heavy atom. The molecule has 128 valence electrons. The molecule has 3 unspecified atom stereocenters. The molecular formula is C13H29ClO6Si. The van der Waals surface area contributed by atoms with Gasteiger partial charge in [0.05, 0.1) is 0 Å². The van der Waals surface area contributed by atoms with Crippen molar-refractivity contribution >= 4 is 20.4 Å². The van der Waals surface area contributed by atoms with Crippen molar-refractivity contribution in [3.05, 3.63) is 0 Å². The average Bonchev–Trinajstić information content (AvgIpc) is 2.46. The van der Waals surface area contributed by atoms with E-state index in [9.17, 15) is 0 Å². The van der Waals surface area contributed by atoms with Crippen LogP contribution in [0.25, 0.3) is 0 Å². The van der Waals surface area contributed by atoms with Crippen molar-refractivity contribution in [3.8, 4) is 0 Å². The lowest BCUT2D eigenvalue weighted by atomic mass is 10.4. The summed E-state index contributed by atoms with van der Waals surface area (Å²) in [5.74, 6) is 0.587. The Hall–Kier alpha value is 0.267. The van der Waals surface area contributed by atoms with Crippen molar-refractivity contribution in [1.29, 1.82) is 0 Å². The van der Waals surface area contributed by atoms with Gasteiger partial charge in [-0.3, -0.25) is 0 Å². The Balaban J connectivity index is 5.04. The molecule has 0 aromatic carbocycles. The SMILES string of the molecule is COC(C)O[Si](CCCCCl)(OC(C)OC)OC(C)OC. The molecule has 0 aliphatic rings. The standard InChI is InChI=1S/C13H29ClO6Si/c1-11(15-4)18-21(10-8-7-9-14,19-12(2)16-5)20-13(3)17-6/h11-13H,7-10H2,1-6H3. The van der Waals surface area contributed by atoms with Gasteiger partial charge in [0.25, 0.3) is 0 Å². The number of hydrogen-bond acceptors (Lipinski definition) is 6. The van der Waals surface area contributed by atoms with E-state index in [0.29, 0.717) is 11.9 Å². The van der Waals surface area contributed by atoms with Crippen LogP contribution in [0.3, 0.4) is 0 Å². The van der Waals surface area contributed by atoms with E-state index in [4.69, 9.17) is 39.1 Å². The lowest BCUT2D eigenvalue weighted by Gasteiger charge is -2.35. The highest BCUT2D eigenvalue weighted by molar-refractivity contribution is 6.60. The van der Waals surface area contributed by atoms with Crippen molar-refractivity contribution in [1.82, 2.24) is 0 Å². The maximum Gasteiger partial charge on any atom is 0.506 e. The maximum atomic E-state index is 5.95. The number of methoxy groups -OCH3 is 3. The summed E-state index contributed by atoms with van der Waals surface area (Å²) in [7, 11) is 1.70. The smallest absolute Gasteiger partial charge is 0.357 e. The number of unbranched alkanes of at least 4 members (excludes halogenated alkanes) is 1. The fraction of sp³-hybridized carbons (Fsp3) is 1.00. The molecule has 0 aliphatic carbocycles. The van der Waals surface area contributed by atoms with Crippen molar-refractivity contribution in [2.45, 2.75) is 58.5 Å². The molecule has 0 aromatic heterocycles. The molecule has 6 nitrogen and oxygen atoms in total. The van der Waals surface area contributed by atoms with E-state index in [2.05, 4.69) is 0 Å². The second-order valence-electron chi connectivity index (χ2n) is 4.59. The quantitative estimate of drug-likeness (QED) is 0.221. The number of alkyl halides is 1. The first kappa shape index (κ1) is 21.3. The highest BCUT2D eigenvalue weighted by Gasteiger charge is 2.45. The third-order valence-electron chi connectivity index (χ3n) is 2.90. The van der Waals surface area contributed by atoms with E-state index in [1.54, 1.807) is 42.1 Å². The zero-order valence-electron chi connectivity index (χ0n) is 13.9. The fourth-order valence-electron chi connectivity index (χ4n) is 1.60. The molecule has 0 N–H and O–H groups in total. The van der Waals surface area contributed by atoms with Crippen LogP contribution in [0.5, 0.6) is 0 Å². The largest absolute Gasteiger partial charge is 0.506 e. The van der Waals surface area contributed by atoms with Crippen molar-refractivity contribution in [2.75, 3.05) is 27.2 Å². The normalized spacial score (nSPS) is 19.0. The second-order valence-corrected chi connectivity index (χ2v) is 7.54. The van der Waals surface area contributed by atoms with Gasteiger partial charge in [-0.25, -0.2) is 0 Å². The molecule has 0 spiro atoms. The minimum absolute atomic E-state index is 0.444. The summed E-state index contributed by atoms with van der Waals surface area (Å²) in [5.41, 5.74) is 0. The van der Waals surface area contributed by atoms with Crippen LogP contribution < -0.4 is 0 Å². The summed E-state index contributed by atoms with van der Waals surface area (Å²) in [6, 6.07) is 0.620. The molecule has 0 aliphatic heterocycles. The van der Waals surface area contributed by atoms with E-state index in [1.807, 2.05) is 0 Å². The van der Waals surface area contributed by atoms with Gasteiger partial charge in [0.15, 0.2) is 0 Å². The number of hydrogen-bond donors (Lipinski definition) is 0. The first-order valence-electron chi connectivity index (χ1n) is 7.10. The molecule has 0 saturated heterocycles. The van der Waals surface area contributed by atoms with Gasteiger partial charge in [-0.05, 0) is 33.6 Å². The molecule has 0 heterocycles. The van der Waals surface area contributed by atoms with Crippen LogP contribution in [0.4, 0.5) is 0 Å². The van der Waals surface area contributed by atoms with Crippen LogP contribution in [-0.2, 0) is 27.5 Å². The van der Waals surface area contributed by atoms with E-state index in [1.165, 1.54) is 0 Å². The van der Waals surface area contributed by atoms with Gasteiger partial charge in [0.2, 0.25) is 0 Å². The van der Waals surface area contributed by atoms with Crippen LogP contribution in [0.1, 0.15) is 33.6 Å². The van der Waals surface area contributed by atoms with E-state index in [-0.39, 0.29) is 0 Å². The minimum Gasteiger partial charge on any atom is -0.357 e. The van der Waals surface area contributed by atoms with Crippen LogP contribution in [-0.4, -0.2) is 54.9 Å². The highest BCUT2D eigenvalue weighted by Crippen LogP contribution is 2.25. The molecule has 0 fully saturated rings. The maximum absolute atomic E-state index is 5.95. The Kier molecular flexibility index (Phi) is 11.9. The predicted octanol–water partition coefficient (Wildman–Crippen LogP) is 2.97. The lowest BCUT2D eigenvalue weighted by Crippen LogP contribution is -2.52. The van der Waals surface area contributed by atoms with Crippen LogP contribution in [0.2, 0.25) is 6.04 Å². The minimum atomic E-state index is -3.02. The molecule has 0 rings (SSSR count). The number of halogens is 1. The first-order valence-corrected chi connectivity index (χ1v) is 9.57. The molecule has 0 radical (unpaired) electrons. The topological polar surface area (TPSA) is 55.4 Å². The predicted molar refractivity (Wildman–Crippen MR) is 83.2 cm³/mol. The molecular weight excluding hydrogens is 316 g/mol. The Morgan fingerprint density at radius 3 is 1.43 bits per heavy atom. The lowest BCUT2D eigenvalue weighted by molar-refractivity contribution is -0.163. The molecule has 21 heavy (non-hydrogen) atoms. The monoisotopic (exact) mass is 344 g/mol. The third kappa shape index (κ3) is 9.10. The molecule has 0 amide bonds. The number of ether oxygens (including phenoxy) is 3. The molecule has 8 heteroatoms. The van der Waals surface area contributed by atoms with Crippen LogP contribution in [0, 0.1) is 0 Å². The van der Waals surface area contributed by atoms with E-state index >= 15 is 0 Å². The fourth-order valence-corrected chi connectivity index (χ4v) is 4.80. The van der Waals surface area contributed by atoms with Gasteiger partial charge in [-0.1, -0.05) is 0 Å². The van der Waals surface area contributed by atoms with E-state index < -0.39 is 27.7 Å². The molecule has 0 saturated carbocycles. The van der Waals surface area contributed by atoms with Crippen molar-refractivity contribution < 1.29 is 27.5 Å².